The molecule has 0 N–H and O–H groups in total. The number of nitrogens with zero attached hydrogens (tertiary/aromatic N) is 1. The Morgan fingerprint density at radius 2 is 1.64 bits per heavy atom. The monoisotopic (exact) mass is 157 g/mol. The van der Waals surface area contributed by atoms with Crippen LogP contribution < -0.4 is 0 Å². The highest BCUT2D eigenvalue weighted by molar-refractivity contribution is 4.77. The van der Waals surface area contributed by atoms with Crippen molar-refractivity contribution in [1.29, 1.82) is 0 Å². The molecule has 0 saturated heterocycles. The molecule has 0 spiro atoms. The largest absolute Gasteiger partial charge is 0.301 e. The van der Waals surface area contributed by atoms with Gasteiger partial charge in [0.25, 0.3) is 0 Å². The van der Waals surface area contributed by atoms with Crippen molar-refractivity contribution in [2.75, 3.05) is 13.6 Å². The van der Waals surface area contributed by atoms with Crippen LogP contribution in [0.4, 0.5) is 0 Å². The lowest BCUT2D eigenvalue weighted by molar-refractivity contribution is 0.144. The van der Waals surface area contributed by atoms with E-state index in [1.807, 2.05) is 0 Å². The Morgan fingerprint density at radius 3 is 2.00 bits per heavy atom. The van der Waals surface area contributed by atoms with Crippen LogP contribution in [0.2, 0.25) is 0 Å². The minimum Gasteiger partial charge on any atom is -0.301 e. The van der Waals surface area contributed by atoms with Gasteiger partial charge < -0.3 is 4.90 Å². The summed E-state index contributed by atoms with van der Waals surface area (Å²) in [4.78, 5) is 2.45. The Labute approximate surface area is 71.8 Å². The first kappa shape index (κ1) is 11.0. The summed E-state index contributed by atoms with van der Waals surface area (Å²) in [6.45, 7) is 10.4. The van der Waals surface area contributed by atoms with Crippen LogP contribution >= 0.6 is 0 Å². The third kappa shape index (κ3) is 3.76. The zero-order valence-electron chi connectivity index (χ0n) is 8.78. The molecule has 1 heteroatoms. The average Bonchev–Trinajstić information content (AvgIpc) is 1.88. The molecule has 1 nitrogen and oxygen atoms in total. The molecule has 0 saturated carbocycles. The Hall–Kier alpha value is -0.0400. The third-order valence-electron chi connectivity index (χ3n) is 2.45. The molecular weight excluding hydrogens is 134 g/mol. The van der Waals surface area contributed by atoms with Crippen LogP contribution in [0, 0.1) is 0 Å². The van der Waals surface area contributed by atoms with Gasteiger partial charge in [0.05, 0.1) is 0 Å². The highest BCUT2D eigenvalue weighted by atomic mass is 15.2. The molecule has 0 rings (SSSR count). The van der Waals surface area contributed by atoms with E-state index in [0.717, 1.165) is 0 Å². The summed E-state index contributed by atoms with van der Waals surface area (Å²) >= 11 is 0. The molecule has 0 bridgehead atoms. The lowest BCUT2D eigenvalue weighted by Crippen LogP contribution is -2.41. The first-order valence-corrected chi connectivity index (χ1v) is 4.75. The number of hydrogen-bond acceptors (Lipinski definition) is 1. The van der Waals surface area contributed by atoms with Gasteiger partial charge in [0.15, 0.2) is 0 Å². The molecule has 0 aliphatic heterocycles. The van der Waals surface area contributed by atoms with E-state index in [-0.39, 0.29) is 0 Å². The highest BCUT2D eigenvalue weighted by Crippen LogP contribution is 2.18. The van der Waals surface area contributed by atoms with Crippen molar-refractivity contribution >= 4 is 0 Å². The van der Waals surface area contributed by atoms with Gasteiger partial charge in [-0.15, -0.1) is 0 Å². The SMILES string of the molecule is CCCN(C)C(C)(C)CCC. The predicted molar refractivity (Wildman–Crippen MR) is 51.9 cm³/mol. The summed E-state index contributed by atoms with van der Waals surface area (Å²) in [5, 5.41) is 0. The Kier molecular flexibility index (Phi) is 4.74. The van der Waals surface area contributed by atoms with E-state index in [4.69, 9.17) is 0 Å². The van der Waals surface area contributed by atoms with Crippen molar-refractivity contribution in [3.05, 3.63) is 0 Å². The second-order valence-electron chi connectivity index (χ2n) is 3.98. The van der Waals surface area contributed by atoms with Gasteiger partial charge in [-0.2, -0.15) is 0 Å². The standard InChI is InChI=1S/C10H23N/c1-6-8-10(3,4)11(5)9-7-2/h6-9H2,1-5H3. The van der Waals surface area contributed by atoms with Crippen molar-refractivity contribution in [1.82, 2.24) is 4.90 Å². The molecule has 68 valence electrons. The lowest BCUT2D eigenvalue weighted by atomic mass is 9.97. The summed E-state index contributed by atoms with van der Waals surface area (Å²) in [5.74, 6) is 0. The minimum absolute atomic E-state index is 0.394. The smallest absolute Gasteiger partial charge is 0.0150 e. The van der Waals surface area contributed by atoms with Gasteiger partial charge in [-0.1, -0.05) is 20.3 Å². The van der Waals surface area contributed by atoms with E-state index in [0.29, 0.717) is 5.54 Å². The van der Waals surface area contributed by atoms with Gasteiger partial charge in [-0.3, -0.25) is 0 Å². The van der Waals surface area contributed by atoms with Crippen LogP contribution in [0.1, 0.15) is 47.0 Å². The molecule has 0 aromatic carbocycles. The zero-order valence-corrected chi connectivity index (χ0v) is 8.78. The van der Waals surface area contributed by atoms with E-state index in [1.54, 1.807) is 0 Å². The summed E-state index contributed by atoms with van der Waals surface area (Å²) in [5.41, 5.74) is 0.394. The zero-order chi connectivity index (χ0) is 8.91. The van der Waals surface area contributed by atoms with E-state index < -0.39 is 0 Å². The Morgan fingerprint density at radius 1 is 1.09 bits per heavy atom. The first-order valence-electron chi connectivity index (χ1n) is 4.75. The van der Waals surface area contributed by atoms with Crippen LogP contribution in [-0.4, -0.2) is 24.0 Å². The Balaban J connectivity index is 3.83. The fourth-order valence-corrected chi connectivity index (χ4v) is 1.44. The Bertz CT molecular complexity index is 97.0. The van der Waals surface area contributed by atoms with E-state index in [9.17, 15) is 0 Å². The van der Waals surface area contributed by atoms with Crippen LogP contribution in [0.3, 0.4) is 0 Å². The lowest BCUT2D eigenvalue weighted by Gasteiger charge is -2.35. The van der Waals surface area contributed by atoms with Gasteiger partial charge in [-0.25, -0.2) is 0 Å². The second-order valence-corrected chi connectivity index (χ2v) is 3.98. The van der Waals surface area contributed by atoms with Crippen molar-refractivity contribution in [3.8, 4) is 0 Å². The molecule has 0 unspecified atom stereocenters. The molecular formula is C10H23N. The topological polar surface area (TPSA) is 3.24 Å². The van der Waals surface area contributed by atoms with E-state index in [2.05, 4.69) is 39.6 Å². The average molecular weight is 157 g/mol. The summed E-state index contributed by atoms with van der Waals surface area (Å²) in [6.07, 6.45) is 3.83. The highest BCUT2D eigenvalue weighted by Gasteiger charge is 2.20. The molecule has 0 atom stereocenters. The quantitative estimate of drug-likeness (QED) is 0.593. The molecule has 0 fully saturated rings. The second kappa shape index (κ2) is 4.76. The maximum absolute atomic E-state index is 2.45. The van der Waals surface area contributed by atoms with Gasteiger partial charge in [0.1, 0.15) is 0 Å². The van der Waals surface area contributed by atoms with E-state index in [1.165, 1.54) is 25.8 Å². The van der Waals surface area contributed by atoms with Gasteiger partial charge >= 0.3 is 0 Å². The maximum Gasteiger partial charge on any atom is 0.0150 e. The fourth-order valence-electron chi connectivity index (χ4n) is 1.44. The van der Waals surface area contributed by atoms with Crippen molar-refractivity contribution in [2.45, 2.75) is 52.5 Å². The number of rotatable bonds is 5. The minimum atomic E-state index is 0.394. The van der Waals surface area contributed by atoms with E-state index >= 15 is 0 Å². The summed E-state index contributed by atoms with van der Waals surface area (Å²) in [7, 11) is 2.22. The normalized spacial score (nSPS) is 12.5. The van der Waals surface area contributed by atoms with Gasteiger partial charge in [0, 0.05) is 5.54 Å². The molecule has 0 aliphatic carbocycles. The predicted octanol–water partition coefficient (Wildman–Crippen LogP) is 2.91. The number of hydrogen-bond donors (Lipinski definition) is 0. The van der Waals surface area contributed by atoms with Crippen LogP contribution in [0.5, 0.6) is 0 Å². The molecule has 0 heterocycles. The first-order chi connectivity index (χ1) is 5.04. The van der Waals surface area contributed by atoms with Gasteiger partial charge in [0.2, 0.25) is 0 Å². The molecule has 0 aliphatic rings. The van der Waals surface area contributed by atoms with Crippen LogP contribution in [-0.2, 0) is 0 Å². The van der Waals surface area contributed by atoms with Crippen LogP contribution in [0.15, 0.2) is 0 Å². The summed E-state index contributed by atoms with van der Waals surface area (Å²) in [6, 6.07) is 0. The molecule has 11 heavy (non-hydrogen) atoms. The molecule has 0 amide bonds. The maximum atomic E-state index is 2.45. The van der Waals surface area contributed by atoms with Crippen LogP contribution in [0.25, 0.3) is 0 Å². The summed E-state index contributed by atoms with van der Waals surface area (Å²) < 4.78 is 0. The van der Waals surface area contributed by atoms with Gasteiger partial charge in [-0.05, 0) is 40.3 Å². The molecule has 0 aromatic heterocycles. The van der Waals surface area contributed by atoms with Crippen molar-refractivity contribution < 1.29 is 0 Å². The molecule has 0 radical (unpaired) electrons. The van der Waals surface area contributed by atoms with Crippen molar-refractivity contribution in [2.24, 2.45) is 0 Å². The fraction of sp³-hybridized carbons (Fsp3) is 1.00. The third-order valence-corrected chi connectivity index (χ3v) is 2.45. The van der Waals surface area contributed by atoms with Crippen molar-refractivity contribution in [3.63, 3.8) is 0 Å². The molecule has 0 aromatic rings.